The van der Waals surface area contributed by atoms with Gasteiger partial charge in [0.15, 0.2) is 0 Å². The maximum Gasteiger partial charge on any atom is 0.420 e. The van der Waals surface area contributed by atoms with Crippen LogP contribution in [0.2, 0.25) is 0 Å². The summed E-state index contributed by atoms with van der Waals surface area (Å²) in [5.41, 5.74) is -1.37. The molecule has 1 heterocycles. The minimum atomic E-state index is -4.73. The number of anilines is 1. The van der Waals surface area contributed by atoms with Gasteiger partial charge in [-0.2, -0.15) is 13.2 Å². The summed E-state index contributed by atoms with van der Waals surface area (Å²) in [5.74, 6) is -1.61. The predicted molar refractivity (Wildman–Crippen MR) is 104 cm³/mol. The summed E-state index contributed by atoms with van der Waals surface area (Å²) in [6.07, 6.45) is -4.73. The molecule has 0 unspecified atom stereocenters. The van der Waals surface area contributed by atoms with E-state index in [9.17, 15) is 22.8 Å². The van der Waals surface area contributed by atoms with Gasteiger partial charge in [0, 0.05) is 12.2 Å². The van der Waals surface area contributed by atoms with E-state index in [1.165, 1.54) is 23.1 Å². The fourth-order valence-corrected chi connectivity index (χ4v) is 3.03. The van der Waals surface area contributed by atoms with E-state index in [0.717, 1.165) is 19.2 Å². The average Bonchev–Trinajstić information content (AvgIpc) is 3.04. The van der Waals surface area contributed by atoms with Crippen LogP contribution in [-0.2, 0) is 20.5 Å². The number of alkyl halides is 3. The number of β-amino-alcohol motifs (C(OH)–C–C–N with tert-alkyl or cyclic N) is 1. The molecule has 7 nitrogen and oxygen atoms in total. The normalized spacial score (nSPS) is 14.1. The number of halogens is 3. The molecule has 0 atom stereocenters. The molecule has 0 bridgehead atoms. The lowest BCUT2D eigenvalue weighted by Crippen LogP contribution is -2.31. The molecule has 0 fully saturated rings. The molecule has 0 spiro atoms. The Bertz CT molecular complexity index is 1010. The summed E-state index contributed by atoms with van der Waals surface area (Å²) in [7, 11) is 1.13. The van der Waals surface area contributed by atoms with Gasteiger partial charge in [0.2, 0.25) is 0 Å². The van der Waals surface area contributed by atoms with Crippen LogP contribution in [-0.4, -0.2) is 48.7 Å². The van der Waals surface area contributed by atoms with E-state index >= 15 is 0 Å². The first kappa shape index (κ1) is 22.2. The van der Waals surface area contributed by atoms with E-state index in [1.807, 2.05) is 0 Å². The molecule has 31 heavy (non-hydrogen) atoms. The molecule has 0 saturated heterocycles. The van der Waals surface area contributed by atoms with E-state index in [2.05, 4.69) is 10.1 Å². The minimum absolute atomic E-state index is 0.0395. The van der Waals surface area contributed by atoms with Gasteiger partial charge < -0.3 is 24.8 Å². The number of benzene rings is 2. The Morgan fingerprint density at radius 1 is 1.19 bits per heavy atom. The average molecular weight is 436 g/mol. The lowest BCUT2D eigenvalue weighted by molar-refractivity contribution is -0.138. The van der Waals surface area contributed by atoms with E-state index in [4.69, 9.17) is 9.84 Å². The number of aliphatic hydroxyl groups is 1. The molecular weight excluding hydrogens is 417 g/mol. The first-order valence-corrected chi connectivity index (χ1v) is 9.17. The highest BCUT2D eigenvalue weighted by atomic mass is 19.4. The summed E-state index contributed by atoms with van der Waals surface area (Å²) >= 11 is 0. The van der Waals surface area contributed by atoms with Crippen LogP contribution in [0.1, 0.15) is 5.56 Å². The standard InChI is InChI=1S/C21H19F3N2O5/c1-30-20(29)15-12-26(9-10-27)19(28)18(15)25-13-7-8-17(16(11-13)21(22,23)24)31-14-5-3-2-4-6-14/h2-8,11,25,27H,9-10,12H2,1H3. The molecule has 2 N–H and O–H groups in total. The number of para-hydroxylation sites is 1. The molecule has 1 aliphatic rings. The van der Waals surface area contributed by atoms with Crippen LogP contribution < -0.4 is 10.1 Å². The number of hydrogen-bond donors (Lipinski definition) is 2. The molecule has 0 radical (unpaired) electrons. The molecule has 0 aliphatic carbocycles. The van der Waals surface area contributed by atoms with Crippen LogP contribution in [0.25, 0.3) is 0 Å². The summed E-state index contributed by atoms with van der Waals surface area (Å²) in [5, 5.41) is 11.7. The third-order valence-corrected chi connectivity index (χ3v) is 4.48. The number of aliphatic hydroxyl groups excluding tert-OH is 1. The minimum Gasteiger partial charge on any atom is -0.466 e. The third-order valence-electron chi connectivity index (χ3n) is 4.48. The molecule has 0 aromatic heterocycles. The lowest BCUT2D eigenvalue weighted by Gasteiger charge is -2.17. The fourth-order valence-electron chi connectivity index (χ4n) is 3.03. The second-order valence-electron chi connectivity index (χ2n) is 6.54. The summed E-state index contributed by atoms with van der Waals surface area (Å²) in [6.45, 7) is -0.505. The van der Waals surface area contributed by atoms with Gasteiger partial charge in [-0.05, 0) is 30.3 Å². The highest BCUT2D eigenvalue weighted by Crippen LogP contribution is 2.40. The van der Waals surface area contributed by atoms with Crippen LogP contribution in [0.4, 0.5) is 18.9 Å². The van der Waals surface area contributed by atoms with Crippen molar-refractivity contribution in [1.82, 2.24) is 4.90 Å². The van der Waals surface area contributed by atoms with Crippen LogP contribution in [0.3, 0.4) is 0 Å². The largest absolute Gasteiger partial charge is 0.466 e. The summed E-state index contributed by atoms with van der Waals surface area (Å²) in [6, 6.07) is 11.2. The van der Waals surface area contributed by atoms with Crippen LogP contribution in [0, 0.1) is 0 Å². The van der Waals surface area contributed by atoms with E-state index in [1.54, 1.807) is 18.2 Å². The van der Waals surface area contributed by atoms with Gasteiger partial charge in [-0.3, -0.25) is 4.79 Å². The number of carbonyl (C=O) groups is 2. The Kier molecular flexibility index (Phi) is 6.50. The van der Waals surface area contributed by atoms with Crippen LogP contribution in [0.15, 0.2) is 59.8 Å². The highest BCUT2D eigenvalue weighted by molar-refractivity contribution is 6.08. The molecule has 1 amide bonds. The Hall–Kier alpha value is -3.53. The lowest BCUT2D eigenvalue weighted by atomic mass is 10.1. The number of rotatable bonds is 7. The number of hydrogen-bond acceptors (Lipinski definition) is 6. The number of ether oxygens (including phenoxy) is 2. The molecule has 0 saturated carbocycles. The maximum absolute atomic E-state index is 13.6. The number of carbonyl (C=O) groups excluding carboxylic acids is 2. The second kappa shape index (κ2) is 9.09. The first-order chi connectivity index (χ1) is 14.7. The predicted octanol–water partition coefficient (Wildman–Crippen LogP) is 3.17. The maximum atomic E-state index is 13.6. The number of methoxy groups -OCH3 is 1. The van der Waals surface area contributed by atoms with Gasteiger partial charge in [-0.15, -0.1) is 0 Å². The zero-order valence-electron chi connectivity index (χ0n) is 16.4. The number of nitrogens with one attached hydrogen (secondary N) is 1. The van der Waals surface area contributed by atoms with Crippen molar-refractivity contribution in [2.24, 2.45) is 0 Å². The zero-order chi connectivity index (χ0) is 22.6. The second-order valence-corrected chi connectivity index (χ2v) is 6.54. The Morgan fingerprint density at radius 2 is 1.90 bits per heavy atom. The molecule has 10 heteroatoms. The molecule has 3 rings (SSSR count). The van der Waals surface area contributed by atoms with Gasteiger partial charge in [0.1, 0.15) is 22.8 Å². The van der Waals surface area contributed by atoms with Gasteiger partial charge in [-0.1, -0.05) is 18.2 Å². The summed E-state index contributed by atoms with van der Waals surface area (Å²) < 4.78 is 51.0. The molecular formula is C21H19F3N2O5. The Balaban J connectivity index is 1.95. The molecule has 2 aromatic rings. The molecule has 2 aromatic carbocycles. The third kappa shape index (κ3) is 4.97. The number of esters is 1. The van der Waals surface area contributed by atoms with Gasteiger partial charge in [0.25, 0.3) is 5.91 Å². The van der Waals surface area contributed by atoms with E-state index < -0.39 is 29.4 Å². The van der Waals surface area contributed by atoms with Crippen molar-refractivity contribution in [2.75, 3.05) is 32.1 Å². The van der Waals surface area contributed by atoms with Crippen molar-refractivity contribution in [3.05, 3.63) is 65.4 Å². The highest BCUT2D eigenvalue weighted by Gasteiger charge is 2.37. The summed E-state index contributed by atoms with van der Waals surface area (Å²) in [4.78, 5) is 25.8. The smallest absolute Gasteiger partial charge is 0.420 e. The number of amides is 1. The van der Waals surface area contributed by atoms with Gasteiger partial charge in [-0.25, -0.2) is 4.79 Å². The quantitative estimate of drug-likeness (QED) is 0.649. The van der Waals surface area contributed by atoms with Crippen molar-refractivity contribution in [1.29, 1.82) is 0 Å². The Morgan fingerprint density at radius 3 is 2.52 bits per heavy atom. The van der Waals surface area contributed by atoms with Crippen molar-refractivity contribution >= 4 is 17.6 Å². The monoisotopic (exact) mass is 436 g/mol. The Labute approximate surface area is 175 Å². The fraction of sp³-hybridized carbons (Fsp3) is 0.238. The first-order valence-electron chi connectivity index (χ1n) is 9.17. The van der Waals surface area contributed by atoms with E-state index in [0.29, 0.717) is 0 Å². The van der Waals surface area contributed by atoms with Crippen LogP contribution >= 0.6 is 0 Å². The van der Waals surface area contributed by atoms with Crippen LogP contribution in [0.5, 0.6) is 11.5 Å². The van der Waals surface area contributed by atoms with Crippen molar-refractivity contribution in [2.45, 2.75) is 6.18 Å². The zero-order valence-corrected chi connectivity index (χ0v) is 16.4. The number of nitrogens with zero attached hydrogens (tertiary/aromatic N) is 1. The van der Waals surface area contributed by atoms with E-state index in [-0.39, 0.29) is 42.4 Å². The topological polar surface area (TPSA) is 88.1 Å². The SMILES string of the molecule is COC(=O)C1=C(Nc2ccc(Oc3ccccc3)c(C(F)(F)F)c2)C(=O)N(CCO)C1. The molecule has 164 valence electrons. The van der Waals surface area contributed by atoms with Crippen molar-refractivity contribution in [3.8, 4) is 11.5 Å². The van der Waals surface area contributed by atoms with Crippen molar-refractivity contribution in [3.63, 3.8) is 0 Å². The molecule has 1 aliphatic heterocycles. The van der Waals surface area contributed by atoms with Crippen molar-refractivity contribution < 1.29 is 37.3 Å². The van der Waals surface area contributed by atoms with Gasteiger partial charge in [0.05, 0.1) is 25.8 Å². The van der Waals surface area contributed by atoms with Gasteiger partial charge >= 0.3 is 12.1 Å².